The van der Waals surface area contributed by atoms with Crippen LogP contribution in [0.4, 0.5) is 4.39 Å². The monoisotopic (exact) mass is 199 g/mol. The highest BCUT2D eigenvalue weighted by Crippen LogP contribution is 2.12. The van der Waals surface area contributed by atoms with Crippen molar-refractivity contribution in [3.05, 3.63) is 35.6 Å². The van der Waals surface area contributed by atoms with Gasteiger partial charge in [-0.3, -0.25) is 0 Å². The van der Waals surface area contributed by atoms with Crippen LogP contribution in [0.2, 0.25) is 0 Å². The number of hydrogen-bond donors (Lipinski definition) is 1. The zero-order valence-electron chi connectivity index (χ0n) is 7.66. The Morgan fingerprint density at radius 3 is 2.54 bits per heavy atom. The van der Waals surface area contributed by atoms with Gasteiger partial charge in [-0.05, 0) is 24.6 Å². The van der Waals surface area contributed by atoms with Gasteiger partial charge in [0.15, 0.2) is 0 Å². The summed E-state index contributed by atoms with van der Waals surface area (Å²) in [6, 6.07) is 6.82. The first-order valence-electron chi connectivity index (χ1n) is 4.26. The van der Waals surface area contributed by atoms with Gasteiger partial charge in [0.05, 0.1) is 0 Å². The summed E-state index contributed by atoms with van der Waals surface area (Å²) in [5, 5.41) is 0. The molecule has 0 heterocycles. The van der Waals surface area contributed by atoms with Gasteiger partial charge in [-0.2, -0.15) is 11.8 Å². The molecule has 0 saturated carbocycles. The van der Waals surface area contributed by atoms with E-state index in [0.29, 0.717) is 0 Å². The highest BCUT2D eigenvalue weighted by molar-refractivity contribution is 7.98. The predicted octanol–water partition coefficient (Wildman–Crippen LogP) is 2.41. The van der Waals surface area contributed by atoms with Crippen LogP contribution in [-0.2, 0) is 5.75 Å². The van der Waals surface area contributed by atoms with Gasteiger partial charge in [0, 0.05) is 17.5 Å². The maximum atomic E-state index is 12.5. The molecule has 1 aromatic rings. The summed E-state index contributed by atoms with van der Waals surface area (Å²) in [7, 11) is 0. The molecule has 0 amide bonds. The third-order valence-electron chi connectivity index (χ3n) is 1.56. The SMILES string of the molecule is CC(N)CSCc1ccc(F)cc1. The van der Waals surface area contributed by atoms with Crippen LogP contribution < -0.4 is 5.73 Å². The summed E-state index contributed by atoms with van der Waals surface area (Å²) in [6.45, 7) is 1.98. The quantitative estimate of drug-likeness (QED) is 0.806. The molecule has 2 N–H and O–H groups in total. The molecule has 72 valence electrons. The first kappa shape index (κ1) is 10.5. The van der Waals surface area contributed by atoms with Crippen LogP contribution in [0.25, 0.3) is 0 Å². The van der Waals surface area contributed by atoms with Gasteiger partial charge in [-0.15, -0.1) is 0 Å². The number of rotatable bonds is 4. The lowest BCUT2D eigenvalue weighted by molar-refractivity contribution is 0.627. The van der Waals surface area contributed by atoms with E-state index in [1.807, 2.05) is 19.1 Å². The standard InChI is InChI=1S/C10H14FNS/c1-8(12)6-13-7-9-2-4-10(11)5-3-9/h2-5,8H,6-7,12H2,1H3. The highest BCUT2D eigenvalue weighted by atomic mass is 32.2. The Morgan fingerprint density at radius 2 is 2.00 bits per heavy atom. The molecule has 13 heavy (non-hydrogen) atoms. The van der Waals surface area contributed by atoms with Gasteiger partial charge < -0.3 is 5.73 Å². The Balaban J connectivity index is 2.33. The zero-order chi connectivity index (χ0) is 9.68. The largest absolute Gasteiger partial charge is 0.327 e. The average Bonchev–Trinajstić information content (AvgIpc) is 2.08. The minimum atomic E-state index is -0.180. The second-order valence-corrected chi connectivity index (χ2v) is 4.15. The van der Waals surface area contributed by atoms with Crippen molar-refractivity contribution in [3.63, 3.8) is 0 Å². The second-order valence-electron chi connectivity index (χ2n) is 3.12. The summed E-state index contributed by atoms with van der Waals surface area (Å²) in [5.74, 6) is 1.67. The van der Waals surface area contributed by atoms with E-state index in [4.69, 9.17) is 5.73 Å². The van der Waals surface area contributed by atoms with Crippen LogP contribution in [0, 0.1) is 5.82 Å². The molecule has 1 aromatic carbocycles. The molecule has 0 aromatic heterocycles. The van der Waals surface area contributed by atoms with Crippen molar-refractivity contribution >= 4 is 11.8 Å². The van der Waals surface area contributed by atoms with Crippen LogP contribution in [0.15, 0.2) is 24.3 Å². The molecule has 0 fully saturated rings. The van der Waals surface area contributed by atoms with Gasteiger partial charge in [-0.1, -0.05) is 12.1 Å². The summed E-state index contributed by atoms with van der Waals surface area (Å²) in [5.41, 5.74) is 6.75. The summed E-state index contributed by atoms with van der Waals surface area (Å²) >= 11 is 1.77. The molecule has 3 heteroatoms. The molecule has 1 rings (SSSR count). The molecule has 0 aliphatic heterocycles. The van der Waals surface area contributed by atoms with Crippen molar-refractivity contribution in [3.8, 4) is 0 Å². The van der Waals surface area contributed by atoms with Crippen molar-refractivity contribution in [1.29, 1.82) is 0 Å². The first-order valence-corrected chi connectivity index (χ1v) is 5.41. The fourth-order valence-electron chi connectivity index (χ4n) is 0.943. The van der Waals surface area contributed by atoms with Gasteiger partial charge in [-0.25, -0.2) is 4.39 Å². The first-order chi connectivity index (χ1) is 6.18. The number of benzene rings is 1. The molecule has 0 saturated heterocycles. The van der Waals surface area contributed by atoms with Crippen molar-refractivity contribution in [1.82, 2.24) is 0 Å². The van der Waals surface area contributed by atoms with Crippen LogP contribution in [-0.4, -0.2) is 11.8 Å². The van der Waals surface area contributed by atoms with Crippen molar-refractivity contribution in [2.45, 2.75) is 18.7 Å². The zero-order valence-corrected chi connectivity index (χ0v) is 8.48. The lowest BCUT2D eigenvalue weighted by Crippen LogP contribution is -2.17. The van der Waals surface area contributed by atoms with E-state index in [9.17, 15) is 4.39 Å². The predicted molar refractivity (Wildman–Crippen MR) is 56.2 cm³/mol. The van der Waals surface area contributed by atoms with Gasteiger partial charge in [0.25, 0.3) is 0 Å². The Hall–Kier alpha value is -0.540. The smallest absolute Gasteiger partial charge is 0.123 e. The topological polar surface area (TPSA) is 26.0 Å². The van der Waals surface area contributed by atoms with E-state index in [0.717, 1.165) is 17.1 Å². The normalized spacial score (nSPS) is 12.8. The number of hydrogen-bond acceptors (Lipinski definition) is 2. The number of thioether (sulfide) groups is 1. The molecule has 1 nitrogen and oxygen atoms in total. The average molecular weight is 199 g/mol. The highest BCUT2D eigenvalue weighted by Gasteiger charge is 1.96. The summed E-state index contributed by atoms with van der Waals surface area (Å²) < 4.78 is 12.5. The molecule has 0 bridgehead atoms. The van der Waals surface area contributed by atoms with Gasteiger partial charge in [0.1, 0.15) is 5.82 Å². The van der Waals surface area contributed by atoms with E-state index in [1.54, 1.807) is 11.8 Å². The van der Waals surface area contributed by atoms with E-state index in [1.165, 1.54) is 12.1 Å². The van der Waals surface area contributed by atoms with E-state index in [-0.39, 0.29) is 11.9 Å². The second kappa shape index (κ2) is 5.25. The Morgan fingerprint density at radius 1 is 1.38 bits per heavy atom. The molecule has 1 unspecified atom stereocenters. The number of nitrogens with two attached hydrogens (primary N) is 1. The minimum absolute atomic E-state index is 0.180. The molecule has 0 radical (unpaired) electrons. The Labute approximate surface area is 82.5 Å². The molecule has 1 atom stereocenters. The van der Waals surface area contributed by atoms with Crippen LogP contribution in [0.5, 0.6) is 0 Å². The maximum absolute atomic E-state index is 12.5. The third-order valence-corrected chi connectivity index (χ3v) is 2.86. The van der Waals surface area contributed by atoms with Crippen LogP contribution in [0.1, 0.15) is 12.5 Å². The lowest BCUT2D eigenvalue weighted by Gasteiger charge is -2.04. The third kappa shape index (κ3) is 4.29. The maximum Gasteiger partial charge on any atom is 0.123 e. The van der Waals surface area contributed by atoms with Crippen molar-refractivity contribution < 1.29 is 4.39 Å². The fraction of sp³-hybridized carbons (Fsp3) is 0.400. The molecular formula is C10H14FNS. The molecule has 0 aliphatic carbocycles. The van der Waals surface area contributed by atoms with Gasteiger partial charge >= 0.3 is 0 Å². The van der Waals surface area contributed by atoms with Crippen molar-refractivity contribution in [2.75, 3.05) is 5.75 Å². The molecule has 0 spiro atoms. The Kier molecular flexibility index (Phi) is 4.25. The summed E-state index contributed by atoms with van der Waals surface area (Å²) in [6.07, 6.45) is 0. The fourth-order valence-corrected chi connectivity index (χ4v) is 1.86. The number of halogens is 1. The van der Waals surface area contributed by atoms with Crippen LogP contribution >= 0.6 is 11.8 Å². The molecule has 0 aliphatic rings. The minimum Gasteiger partial charge on any atom is -0.327 e. The molecular weight excluding hydrogens is 185 g/mol. The summed E-state index contributed by atoms with van der Waals surface area (Å²) in [4.78, 5) is 0. The van der Waals surface area contributed by atoms with E-state index >= 15 is 0 Å². The van der Waals surface area contributed by atoms with Crippen molar-refractivity contribution in [2.24, 2.45) is 5.73 Å². The Bertz CT molecular complexity index is 246. The van der Waals surface area contributed by atoms with E-state index in [2.05, 4.69) is 0 Å². The van der Waals surface area contributed by atoms with Crippen LogP contribution in [0.3, 0.4) is 0 Å². The van der Waals surface area contributed by atoms with E-state index < -0.39 is 0 Å². The van der Waals surface area contributed by atoms with Gasteiger partial charge in [0.2, 0.25) is 0 Å². The lowest BCUT2D eigenvalue weighted by atomic mass is 10.2.